The zero-order valence-corrected chi connectivity index (χ0v) is 15.8. The third-order valence-corrected chi connectivity index (χ3v) is 5.54. The fourth-order valence-electron chi connectivity index (χ4n) is 2.81. The first-order valence-corrected chi connectivity index (χ1v) is 9.50. The number of aromatic nitrogens is 1. The molecule has 0 aliphatic carbocycles. The molecule has 0 atom stereocenters. The number of thiazole rings is 1. The Morgan fingerprint density at radius 3 is 2.62 bits per heavy atom. The number of benzene rings is 1. The van der Waals surface area contributed by atoms with Crippen molar-refractivity contribution in [1.29, 1.82) is 0 Å². The molecule has 0 unspecified atom stereocenters. The second kappa shape index (κ2) is 7.83. The maximum absolute atomic E-state index is 12.5. The van der Waals surface area contributed by atoms with Gasteiger partial charge in [-0.2, -0.15) is 0 Å². The fraction of sp³-hybridized carbons (Fsp3) is 0.412. The third kappa shape index (κ3) is 4.48. The highest BCUT2D eigenvalue weighted by Gasteiger charge is 2.22. The van der Waals surface area contributed by atoms with Gasteiger partial charge in [0.1, 0.15) is 0 Å². The minimum Gasteiger partial charge on any atom is -0.340 e. The van der Waals surface area contributed by atoms with E-state index in [1.54, 1.807) is 23.5 Å². The molecule has 1 aliphatic rings. The van der Waals surface area contributed by atoms with Gasteiger partial charge >= 0.3 is 0 Å². The summed E-state index contributed by atoms with van der Waals surface area (Å²) in [4.78, 5) is 21.2. The molecule has 3 rings (SSSR count). The van der Waals surface area contributed by atoms with Crippen LogP contribution >= 0.6 is 34.5 Å². The van der Waals surface area contributed by atoms with Crippen LogP contribution in [0.3, 0.4) is 0 Å². The van der Waals surface area contributed by atoms with Crippen molar-refractivity contribution in [2.75, 3.05) is 26.2 Å². The van der Waals surface area contributed by atoms with E-state index < -0.39 is 0 Å². The normalized spacial score (nSPS) is 15.7. The predicted octanol–water partition coefficient (Wildman–Crippen LogP) is 3.65. The van der Waals surface area contributed by atoms with Gasteiger partial charge in [-0.3, -0.25) is 9.69 Å². The molecule has 24 heavy (non-hydrogen) atoms. The summed E-state index contributed by atoms with van der Waals surface area (Å²) in [5, 5.41) is 4.34. The first kappa shape index (κ1) is 17.7. The van der Waals surface area contributed by atoms with Crippen LogP contribution in [0.5, 0.6) is 0 Å². The number of aryl methyl sites for hydroxylation is 1. The Morgan fingerprint density at radius 1 is 1.25 bits per heavy atom. The van der Waals surface area contributed by atoms with Crippen LogP contribution in [0.15, 0.2) is 23.6 Å². The molecule has 1 fully saturated rings. The van der Waals surface area contributed by atoms with E-state index in [-0.39, 0.29) is 5.91 Å². The third-order valence-electron chi connectivity index (χ3n) is 4.13. The topological polar surface area (TPSA) is 36.4 Å². The first-order chi connectivity index (χ1) is 11.5. The zero-order valence-electron chi connectivity index (χ0n) is 13.5. The Morgan fingerprint density at radius 2 is 2.00 bits per heavy atom. The maximum atomic E-state index is 12.5. The largest absolute Gasteiger partial charge is 0.340 e. The summed E-state index contributed by atoms with van der Waals surface area (Å²) in [6.07, 6.45) is 0.321. The Labute approximate surface area is 156 Å². The van der Waals surface area contributed by atoms with Crippen molar-refractivity contribution in [1.82, 2.24) is 14.8 Å². The Bertz CT molecular complexity index is 726. The van der Waals surface area contributed by atoms with Crippen molar-refractivity contribution >= 4 is 40.4 Å². The van der Waals surface area contributed by atoms with Gasteiger partial charge in [0, 0.05) is 48.1 Å². The number of piperazine rings is 1. The lowest BCUT2D eigenvalue weighted by atomic mass is 10.1. The summed E-state index contributed by atoms with van der Waals surface area (Å²) in [6.45, 7) is 6.11. The molecular formula is C17H19Cl2N3OS. The van der Waals surface area contributed by atoms with Crippen LogP contribution in [0.4, 0.5) is 0 Å². The Kier molecular flexibility index (Phi) is 5.76. The molecule has 1 aromatic carbocycles. The predicted molar refractivity (Wildman–Crippen MR) is 98.9 cm³/mol. The van der Waals surface area contributed by atoms with E-state index in [1.807, 2.05) is 17.9 Å². The number of amides is 1. The van der Waals surface area contributed by atoms with Gasteiger partial charge in [0.15, 0.2) is 0 Å². The molecule has 0 spiro atoms. The maximum Gasteiger partial charge on any atom is 0.227 e. The van der Waals surface area contributed by atoms with Crippen LogP contribution < -0.4 is 0 Å². The summed E-state index contributed by atoms with van der Waals surface area (Å²) in [5.41, 5.74) is 1.94. The molecule has 1 aliphatic heterocycles. The van der Waals surface area contributed by atoms with Gasteiger partial charge in [0.05, 0.1) is 17.1 Å². The molecule has 4 nitrogen and oxygen atoms in total. The van der Waals surface area contributed by atoms with E-state index in [9.17, 15) is 4.79 Å². The molecule has 0 saturated carbocycles. The van der Waals surface area contributed by atoms with Crippen molar-refractivity contribution in [2.45, 2.75) is 19.9 Å². The molecule has 128 valence electrons. The number of nitrogens with zero attached hydrogens (tertiary/aromatic N) is 3. The molecule has 1 saturated heterocycles. The Balaban J connectivity index is 1.51. The van der Waals surface area contributed by atoms with Gasteiger partial charge < -0.3 is 4.90 Å². The fourth-order valence-corrected chi connectivity index (χ4v) is 3.88. The zero-order chi connectivity index (χ0) is 17.1. The van der Waals surface area contributed by atoms with E-state index in [4.69, 9.17) is 23.2 Å². The molecule has 0 bridgehead atoms. The second-order valence-corrected chi connectivity index (χ2v) is 7.83. The minimum atomic E-state index is 0.114. The van der Waals surface area contributed by atoms with Crippen LogP contribution in [0.25, 0.3) is 0 Å². The van der Waals surface area contributed by atoms with E-state index in [0.29, 0.717) is 16.5 Å². The van der Waals surface area contributed by atoms with Crippen molar-refractivity contribution in [2.24, 2.45) is 0 Å². The van der Waals surface area contributed by atoms with Crippen molar-refractivity contribution < 1.29 is 4.79 Å². The van der Waals surface area contributed by atoms with Crippen LogP contribution in [0, 0.1) is 6.92 Å². The van der Waals surface area contributed by atoms with E-state index in [2.05, 4.69) is 15.3 Å². The van der Waals surface area contributed by atoms with Gasteiger partial charge in [-0.1, -0.05) is 29.3 Å². The highest BCUT2D eigenvalue weighted by atomic mass is 35.5. The number of rotatable bonds is 4. The van der Waals surface area contributed by atoms with E-state index in [1.165, 1.54) is 0 Å². The molecule has 2 aromatic rings. The van der Waals surface area contributed by atoms with Crippen LogP contribution in [0.1, 0.15) is 16.3 Å². The highest BCUT2D eigenvalue weighted by Crippen LogP contribution is 2.22. The lowest BCUT2D eigenvalue weighted by Gasteiger charge is -2.34. The van der Waals surface area contributed by atoms with Crippen LogP contribution in [-0.4, -0.2) is 46.9 Å². The van der Waals surface area contributed by atoms with Crippen molar-refractivity contribution in [3.8, 4) is 0 Å². The molecular weight excluding hydrogens is 365 g/mol. The molecule has 0 radical (unpaired) electrons. The monoisotopic (exact) mass is 383 g/mol. The molecule has 1 amide bonds. The van der Waals surface area contributed by atoms with E-state index >= 15 is 0 Å². The molecule has 1 aromatic heterocycles. The average Bonchev–Trinajstić information content (AvgIpc) is 2.96. The number of halogens is 2. The van der Waals surface area contributed by atoms with Crippen molar-refractivity contribution in [3.05, 3.63) is 49.9 Å². The van der Waals surface area contributed by atoms with Gasteiger partial charge in [-0.05, 0) is 24.6 Å². The number of hydrogen-bond donors (Lipinski definition) is 0. The smallest absolute Gasteiger partial charge is 0.227 e. The van der Waals surface area contributed by atoms with Crippen LogP contribution in [-0.2, 0) is 17.8 Å². The highest BCUT2D eigenvalue weighted by molar-refractivity contribution is 7.09. The standard InChI is InChI=1S/C17H19Cl2N3OS/c1-12-20-15(11-24-12)10-21-4-6-22(7-5-21)17(23)8-13-2-3-14(18)9-16(13)19/h2-3,9,11H,4-8,10H2,1H3. The van der Waals surface area contributed by atoms with E-state index in [0.717, 1.165) is 49.0 Å². The van der Waals surface area contributed by atoms with Crippen LogP contribution in [0.2, 0.25) is 10.0 Å². The number of hydrogen-bond acceptors (Lipinski definition) is 4. The summed E-state index contributed by atoms with van der Waals surface area (Å²) >= 11 is 13.7. The summed E-state index contributed by atoms with van der Waals surface area (Å²) in [6, 6.07) is 5.27. The molecule has 2 heterocycles. The average molecular weight is 384 g/mol. The summed E-state index contributed by atoms with van der Waals surface area (Å²) < 4.78 is 0. The Hall–Kier alpha value is -1.14. The summed E-state index contributed by atoms with van der Waals surface area (Å²) in [7, 11) is 0. The number of carbonyl (C=O) groups excluding carboxylic acids is 1. The lowest BCUT2D eigenvalue weighted by molar-refractivity contribution is -0.132. The number of carbonyl (C=O) groups is 1. The summed E-state index contributed by atoms with van der Waals surface area (Å²) in [5.74, 6) is 0.114. The quantitative estimate of drug-likeness (QED) is 0.808. The van der Waals surface area contributed by atoms with Gasteiger partial charge in [0.25, 0.3) is 0 Å². The van der Waals surface area contributed by atoms with Gasteiger partial charge in [-0.15, -0.1) is 11.3 Å². The van der Waals surface area contributed by atoms with Gasteiger partial charge in [-0.25, -0.2) is 4.98 Å². The second-order valence-electron chi connectivity index (χ2n) is 5.93. The molecule has 0 N–H and O–H groups in total. The lowest BCUT2D eigenvalue weighted by Crippen LogP contribution is -2.48. The molecule has 7 heteroatoms. The van der Waals surface area contributed by atoms with Crippen molar-refractivity contribution in [3.63, 3.8) is 0 Å². The van der Waals surface area contributed by atoms with Gasteiger partial charge in [0.2, 0.25) is 5.91 Å². The first-order valence-electron chi connectivity index (χ1n) is 7.86. The minimum absolute atomic E-state index is 0.114. The SMILES string of the molecule is Cc1nc(CN2CCN(C(=O)Cc3ccc(Cl)cc3Cl)CC2)cs1.